The molecule has 0 bridgehead atoms. The van der Waals surface area contributed by atoms with E-state index >= 15 is 0 Å². The van der Waals surface area contributed by atoms with Crippen LogP contribution in [0.2, 0.25) is 0 Å². The molecule has 0 N–H and O–H groups in total. The van der Waals surface area contributed by atoms with Gasteiger partial charge in [0.1, 0.15) is 29.9 Å². The second-order valence-corrected chi connectivity index (χ2v) is 10.1. The van der Waals surface area contributed by atoms with Crippen LogP contribution >= 0.6 is 11.8 Å². The van der Waals surface area contributed by atoms with Crippen LogP contribution in [0.25, 0.3) is 0 Å². The van der Waals surface area contributed by atoms with Gasteiger partial charge in [0.15, 0.2) is 0 Å². The smallest absolute Gasteiger partial charge is 0.137 e. The summed E-state index contributed by atoms with van der Waals surface area (Å²) >= 11 is 1.71. The first-order chi connectivity index (χ1) is 16.7. The zero-order valence-corrected chi connectivity index (χ0v) is 22.7. The molecule has 3 unspecified atom stereocenters. The number of benzene rings is 1. The summed E-state index contributed by atoms with van der Waals surface area (Å²) < 4.78 is 32.2. The highest BCUT2D eigenvalue weighted by Gasteiger charge is 2.48. The van der Waals surface area contributed by atoms with Crippen LogP contribution in [0.1, 0.15) is 79.1 Å². The molecule has 1 heterocycles. The van der Waals surface area contributed by atoms with Gasteiger partial charge in [0.25, 0.3) is 0 Å². The normalized spacial score (nSPS) is 25.0. The second-order valence-electron chi connectivity index (χ2n) is 8.97. The third-order valence-corrected chi connectivity index (χ3v) is 7.09. The third kappa shape index (κ3) is 10.5. The summed E-state index contributed by atoms with van der Waals surface area (Å²) in [5, 5.41) is 0. The Morgan fingerprint density at radius 3 is 1.79 bits per heavy atom. The molecule has 2 rings (SSSR count). The van der Waals surface area contributed by atoms with Crippen LogP contribution in [0.15, 0.2) is 35.2 Å². The molecule has 0 saturated carbocycles. The third-order valence-electron chi connectivity index (χ3n) is 5.94. The fourth-order valence-corrected chi connectivity index (χ4v) is 4.99. The van der Waals surface area contributed by atoms with Crippen molar-refractivity contribution in [2.45, 2.75) is 114 Å². The van der Waals surface area contributed by atoms with Gasteiger partial charge in [-0.05, 0) is 37.8 Å². The monoisotopic (exact) mass is 496 g/mol. The number of hydrogen-bond acceptors (Lipinski definition) is 6. The minimum atomic E-state index is -0.204. The molecule has 0 aromatic heterocycles. The molecule has 0 spiro atoms. The lowest BCUT2D eigenvalue weighted by Crippen LogP contribution is -2.60. The van der Waals surface area contributed by atoms with E-state index in [0.717, 1.165) is 58.0 Å². The molecule has 1 aliphatic rings. The molecule has 1 saturated heterocycles. The Hall–Kier alpha value is -0.630. The molecule has 5 nitrogen and oxygen atoms in total. The van der Waals surface area contributed by atoms with E-state index in [-0.39, 0.29) is 29.9 Å². The topological polar surface area (TPSA) is 46.2 Å². The number of rotatable bonds is 19. The summed E-state index contributed by atoms with van der Waals surface area (Å²) in [7, 11) is 0. The Bertz CT molecular complexity index is 602. The lowest BCUT2D eigenvalue weighted by Gasteiger charge is -2.46. The van der Waals surface area contributed by atoms with E-state index in [1.54, 1.807) is 11.8 Å². The molecule has 1 fully saturated rings. The number of thioether (sulfide) groups is 1. The van der Waals surface area contributed by atoms with Crippen LogP contribution in [0.4, 0.5) is 0 Å². The standard InChI is InChI=1S/C28H48O5S/c1-5-9-18-29-22-24-25(30-19-10-6-2)26(31-20-11-7-3)27(32-21-12-8-4)28(33-24)34-23-16-14-13-15-17-23/h13-17,24-28H,5-12,18-22H2,1-4H3/t24?,25-,26?,27?,28+/m1/s1. The second kappa shape index (κ2) is 18.6. The van der Waals surface area contributed by atoms with Gasteiger partial charge < -0.3 is 23.7 Å². The van der Waals surface area contributed by atoms with Crippen LogP contribution < -0.4 is 0 Å². The van der Waals surface area contributed by atoms with E-state index < -0.39 is 0 Å². The first-order valence-electron chi connectivity index (χ1n) is 13.5. The molecule has 6 heteroatoms. The van der Waals surface area contributed by atoms with Gasteiger partial charge in [-0.15, -0.1) is 0 Å². The summed E-state index contributed by atoms with van der Waals surface area (Å²) in [6, 6.07) is 10.4. The van der Waals surface area contributed by atoms with Crippen molar-refractivity contribution in [1.29, 1.82) is 0 Å². The van der Waals surface area contributed by atoms with Crippen LogP contribution in [0, 0.1) is 0 Å². The Kier molecular flexibility index (Phi) is 16.2. The summed E-state index contributed by atoms with van der Waals surface area (Å²) in [4.78, 5) is 1.17. The molecule has 0 radical (unpaired) electrons. The van der Waals surface area contributed by atoms with Crippen molar-refractivity contribution < 1.29 is 23.7 Å². The van der Waals surface area contributed by atoms with Crippen molar-refractivity contribution in [2.75, 3.05) is 33.0 Å². The Morgan fingerprint density at radius 2 is 1.21 bits per heavy atom. The van der Waals surface area contributed by atoms with Crippen molar-refractivity contribution in [1.82, 2.24) is 0 Å². The summed E-state index contributed by atoms with van der Waals surface area (Å²) in [6.07, 6.45) is 7.73. The highest BCUT2D eigenvalue weighted by molar-refractivity contribution is 7.99. The lowest BCUT2D eigenvalue weighted by atomic mass is 9.99. The first kappa shape index (κ1) is 29.6. The highest BCUT2D eigenvalue weighted by atomic mass is 32.2. The van der Waals surface area contributed by atoms with Crippen molar-refractivity contribution >= 4 is 11.8 Å². The van der Waals surface area contributed by atoms with E-state index in [1.807, 2.05) is 6.07 Å². The first-order valence-corrected chi connectivity index (χ1v) is 14.4. The van der Waals surface area contributed by atoms with E-state index in [4.69, 9.17) is 23.7 Å². The number of unbranched alkanes of at least 4 members (excludes halogenated alkanes) is 4. The maximum atomic E-state index is 6.70. The Morgan fingerprint density at radius 1 is 0.676 bits per heavy atom. The lowest BCUT2D eigenvalue weighted by molar-refractivity contribution is -0.247. The van der Waals surface area contributed by atoms with Crippen molar-refractivity contribution in [2.24, 2.45) is 0 Å². The van der Waals surface area contributed by atoms with Crippen molar-refractivity contribution in [3.05, 3.63) is 30.3 Å². The highest BCUT2D eigenvalue weighted by Crippen LogP contribution is 2.37. The average molecular weight is 497 g/mol. The molecule has 34 heavy (non-hydrogen) atoms. The molecule has 5 atom stereocenters. The SMILES string of the molecule is CCCCOCC1O[C@@H](Sc2ccccc2)C(OCCCC)C(OCCCC)[C@@H]1OCCCC. The maximum Gasteiger partial charge on any atom is 0.137 e. The van der Waals surface area contributed by atoms with Crippen LogP contribution in [0.3, 0.4) is 0 Å². The van der Waals surface area contributed by atoms with Crippen LogP contribution in [0.5, 0.6) is 0 Å². The van der Waals surface area contributed by atoms with E-state index in [9.17, 15) is 0 Å². The van der Waals surface area contributed by atoms with Crippen LogP contribution in [-0.2, 0) is 23.7 Å². The molecule has 1 aromatic rings. The van der Waals surface area contributed by atoms with Crippen molar-refractivity contribution in [3.8, 4) is 0 Å². The summed E-state index contributed by atoms with van der Waals surface area (Å²) in [5.41, 5.74) is -0.184. The van der Waals surface area contributed by atoms with Gasteiger partial charge in [0.2, 0.25) is 0 Å². The summed E-state index contributed by atoms with van der Waals surface area (Å²) in [6.45, 7) is 12.1. The molecular weight excluding hydrogens is 448 g/mol. The van der Waals surface area contributed by atoms with Gasteiger partial charge in [-0.3, -0.25) is 0 Å². The fraction of sp³-hybridized carbons (Fsp3) is 0.786. The van der Waals surface area contributed by atoms with Gasteiger partial charge in [0.05, 0.1) is 6.61 Å². The van der Waals surface area contributed by atoms with E-state index in [0.29, 0.717) is 26.4 Å². The minimum Gasteiger partial charge on any atom is -0.379 e. The van der Waals surface area contributed by atoms with Gasteiger partial charge in [-0.1, -0.05) is 83.3 Å². The largest absolute Gasteiger partial charge is 0.379 e. The molecule has 0 aliphatic carbocycles. The quantitative estimate of drug-likeness (QED) is 0.195. The van der Waals surface area contributed by atoms with Gasteiger partial charge in [0, 0.05) is 31.3 Å². The average Bonchev–Trinajstić information content (AvgIpc) is 2.85. The Balaban J connectivity index is 2.27. The van der Waals surface area contributed by atoms with E-state index in [2.05, 4.69) is 52.0 Å². The number of hydrogen-bond donors (Lipinski definition) is 0. The van der Waals surface area contributed by atoms with E-state index in [1.165, 1.54) is 4.90 Å². The number of ether oxygens (including phenoxy) is 5. The molecule has 0 amide bonds. The minimum absolute atomic E-state index is 0.184. The Labute approximate surface area is 212 Å². The van der Waals surface area contributed by atoms with Gasteiger partial charge in [-0.25, -0.2) is 0 Å². The molecule has 196 valence electrons. The molecular formula is C28H48O5S. The predicted molar refractivity (Wildman–Crippen MR) is 141 cm³/mol. The zero-order valence-electron chi connectivity index (χ0n) is 21.9. The summed E-state index contributed by atoms with van der Waals surface area (Å²) in [5.74, 6) is 0. The van der Waals surface area contributed by atoms with Gasteiger partial charge in [-0.2, -0.15) is 0 Å². The molecule has 1 aromatic carbocycles. The zero-order chi connectivity index (χ0) is 24.4. The fourth-order valence-electron chi connectivity index (χ4n) is 3.85. The maximum absolute atomic E-state index is 6.70. The predicted octanol–water partition coefficient (Wildman–Crippen LogP) is 6.88. The van der Waals surface area contributed by atoms with Crippen LogP contribution in [-0.4, -0.2) is 62.9 Å². The van der Waals surface area contributed by atoms with Gasteiger partial charge >= 0.3 is 0 Å². The molecule has 1 aliphatic heterocycles. The van der Waals surface area contributed by atoms with Crippen molar-refractivity contribution in [3.63, 3.8) is 0 Å².